The van der Waals surface area contributed by atoms with E-state index in [0.717, 1.165) is 9.87 Å². The minimum atomic E-state index is -3.87. The molecule has 0 bridgehead atoms. The van der Waals surface area contributed by atoms with E-state index < -0.39 is 10.0 Å². The highest BCUT2D eigenvalue weighted by Crippen LogP contribution is 2.26. The number of anilines is 1. The van der Waals surface area contributed by atoms with Crippen LogP contribution in [-0.2, 0) is 10.0 Å². The molecule has 128 valence electrons. The van der Waals surface area contributed by atoms with Crippen molar-refractivity contribution in [3.05, 3.63) is 59.7 Å². The third-order valence-corrected chi connectivity index (χ3v) is 5.02. The molecule has 0 unspecified atom stereocenters. The summed E-state index contributed by atoms with van der Waals surface area (Å²) in [6.07, 6.45) is 5.56. The average molecular weight is 351 g/mol. The summed E-state index contributed by atoms with van der Waals surface area (Å²) in [5, 5.41) is 0. The number of para-hydroxylation sites is 1. The van der Waals surface area contributed by atoms with E-state index in [0.29, 0.717) is 11.3 Å². The van der Waals surface area contributed by atoms with E-state index in [1.54, 1.807) is 42.5 Å². The summed E-state index contributed by atoms with van der Waals surface area (Å²) < 4.78 is 26.9. The van der Waals surface area contributed by atoms with Crippen LogP contribution in [-0.4, -0.2) is 8.42 Å². The first kappa shape index (κ1) is 18.6. The van der Waals surface area contributed by atoms with E-state index in [4.69, 9.17) is 6.42 Å². The normalized spacial score (nSPS) is 11.2. The van der Waals surface area contributed by atoms with Crippen LogP contribution in [0.1, 0.15) is 31.9 Å². The largest absolute Gasteiger partial charge is 0.275 e. The van der Waals surface area contributed by atoms with Gasteiger partial charge < -0.3 is 0 Å². The molecule has 0 saturated heterocycles. The molecule has 0 saturated carbocycles. The van der Waals surface area contributed by atoms with E-state index in [1.165, 1.54) is 0 Å². The lowest BCUT2D eigenvalue weighted by atomic mass is 9.97. The number of sulfonamides is 1. The molecule has 25 heavy (non-hydrogen) atoms. The van der Waals surface area contributed by atoms with E-state index >= 15 is 0 Å². The zero-order chi connectivity index (χ0) is 18.7. The fourth-order valence-electron chi connectivity index (χ4n) is 2.10. The molecule has 0 N–H and O–H groups in total. The van der Waals surface area contributed by atoms with Crippen molar-refractivity contribution in [2.75, 3.05) is 4.31 Å². The molecule has 0 heterocycles. The Morgan fingerprint density at radius 1 is 1.00 bits per heavy atom. The Kier molecular flexibility index (Phi) is 5.26. The molecule has 0 aromatic heterocycles. The zero-order valence-electron chi connectivity index (χ0n) is 14.9. The molecule has 0 aliphatic rings. The van der Waals surface area contributed by atoms with E-state index in [-0.39, 0.29) is 10.3 Å². The second-order valence-corrected chi connectivity index (χ2v) is 8.52. The smallest absolute Gasteiger partial charge is 0.200 e. The summed E-state index contributed by atoms with van der Waals surface area (Å²) in [4.78, 5) is 0.148. The van der Waals surface area contributed by atoms with E-state index in [1.807, 2.05) is 33.8 Å². The standard InChI is InChI=1S/C21H21NO2S/c1-6-22(25(23,24)19-13-11-17(2)12-14-19)20-10-8-7-9-18(20)15-16-21(3,4)5/h1,7-14H,2-5H3. The number of aryl methyl sites for hydroxylation is 1. The molecule has 2 rings (SSSR count). The molecule has 0 aliphatic carbocycles. The first-order valence-electron chi connectivity index (χ1n) is 7.85. The third-order valence-electron chi connectivity index (χ3n) is 3.37. The van der Waals surface area contributed by atoms with Gasteiger partial charge in [-0.1, -0.05) is 48.1 Å². The maximum absolute atomic E-state index is 13.0. The van der Waals surface area contributed by atoms with Crippen molar-refractivity contribution in [1.82, 2.24) is 0 Å². The van der Waals surface area contributed by atoms with Gasteiger partial charge in [-0.2, -0.15) is 4.31 Å². The van der Waals surface area contributed by atoms with Crippen LogP contribution >= 0.6 is 0 Å². The van der Waals surface area contributed by atoms with Crippen LogP contribution in [0.5, 0.6) is 0 Å². The molecular weight excluding hydrogens is 330 g/mol. The van der Waals surface area contributed by atoms with Gasteiger partial charge in [-0.3, -0.25) is 0 Å². The van der Waals surface area contributed by atoms with Gasteiger partial charge >= 0.3 is 0 Å². The Labute approximate surface area is 150 Å². The zero-order valence-corrected chi connectivity index (χ0v) is 15.7. The SMILES string of the molecule is C#CN(c1ccccc1C#CC(C)(C)C)S(=O)(=O)c1ccc(C)cc1. The molecule has 0 radical (unpaired) electrons. The van der Waals surface area contributed by atoms with Crippen LogP contribution in [0.2, 0.25) is 0 Å². The molecular formula is C21H21NO2S. The second-order valence-electron chi connectivity index (χ2n) is 6.73. The first-order chi connectivity index (χ1) is 11.6. The van der Waals surface area contributed by atoms with Crippen molar-refractivity contribution >= 4 is 15.7 Å². The van der Waals surface area contributed by atoms with E-state index in [9.17, 15) is 8.42 Å². The monoisotopic (exact) mass is 351 g/mol. The Hall–Kier alpha value is -2.69. The first-order valence-corrected chi connectivity index (χ1v) is 9.29. The van der Waals surface area contributed by atoms with Gasteiger partial charge in [0.25, 0.3) is 10.0 Å². The van der Waals surface area contributed by atoms with Gasteiger partial charge in [0.1, 0.15) is 0 Å². The van der Waals surface area contributed by atoms with Crippen LogP contribution in [0.25, 0.3) is 0 Å². The van der Waals surface area contributed by atoms with Crippen molar-refractivity contribution in [2.24, 2.45) is 5.41 Å². The van der Waals surface area contributed by atoms with Crippen LogP contribution in [0.15, 0.2) is 53.4 Å². The predicted octanol–water partition coefficient (Wildman–Crippen LogP) is 4.18. The average Bonchev–Trinajstić information content (AvgIpc) is 2.54. The highest BCUT2D eigenvalue weighted by Gasteiger charge is 2.25. The Morgan fingerprint density at radius 3 is 2.16 bits per heavy atom. The third kappa shape index (κ3) is 4.44. The van der Waals surface area contributed by atoms with Crippen molar-refractivity contribution in [1.29, 1.82) is 0 Å². The molecule has 0 amide bonds. The number of rotatable bonds is 3. The summed E-state index contributed by atoms with van der Waals surface area (Å²) in [7, 11) is -3.87. The van der Waals surface area contributed by atoms with Crippen molar-refractivity contribution in [3.63, 3.8) is 0 Å². The van der Waals surface area contributed by atoms with Crippen LogP contribution in [0, 0.1) is 36.6 Å². The van der Waals surface area contributed by atoms with Gasteiger partial charge in [-0.25, -0.2) is 8.42 Å². The van der Waals surface area contributed by atoms with Gasteiger partial charge in [0.15, 0.2) is 0 Å². The quantitative estimate of drug-likeness (QED) is 0.614. The Morgan fingerprint density at radius 2 is 1.60 bits per heavy atom. The lowest BCUT2D eigenvalue weighted by Crippen LogP contribution is -2.26. The highest BCUT2D eigenvalue weighted by atomic mass is 32.2. The van der Waals surface area contributed by atoms with Crippen molar-refractivity contribution in [2.45, 2.75) is 32.6 Å². The summed E-state index contributed by atoms with van der Waals surface area (Å²) in [6.45, 7) is 7.87. The minimum Gasteiger partial charge on any atom is -0.200 e. The fraction of sp³-hybridized carbons (Fsp3) is 0.238. The summed E-state index contributed by atoms with van der Waals surface area (Å²) >= 11 is 0. The lowest BCUT2D eigenvalue weighted by Gasteiger charge is -2.19. The molecule has 0 spiro atoms. The molecule has 0 aliphatic heterocycles. The molecule has 3 nitrogen and oxygen atoms in total. The second kappa shape index (κ2) is 7.05. The van der Waals surface area contributed by atoms with E-state index in [2.05, 4.69) is 17.9 Å². The van der Waals surface area contributed by atoms with Crippen LogP contribution in [0.3, 0.4) is 0 Å². The number of nitrogens with zero attached hydrogens (tertiary/aromatic N) is 1. The van der Waals surface area contributed by atoms with Crippen LogP contribution in [0.4, 0.5) is 5.69 Å². The number of benzene rings is 2. The van der Waals surface area contributed by atoms with Gasteiger partial charge in [-0.15, -0.1) is 0 Å². The molecule has 4 heteroatoms. The topological polar surface area (TPSA) is 37.4 Å². The van der Waals surface area contributed by atoms with Crippen LogP contribution < -0.4 is 4.31 Å². The summed E-state index contributed by atoms with van der Waals surface area (Å²) in [5.41, 5.74) is 1.72. The Bertz CT molecular complexity index is 964. The number of hydrogen-bond acceptors (Lipinski definition) is 2. The minimum absolute atomic E-state index is 0.148. The molecule has 2 aromatic carbocycles. The van der Waals surface area contributed by atoms with Gasteiger partial charge in [0.05, 0.1) is 16.1 Å². The van der Waals surface area contributed by atoms with Crippen molar-refractivity contribution < 1.29 is 8.42 Å². The highest BCUT2D eigenvalue weighted by molar-refractivity contribution is 7.93. The number of terminal acetylenes is 1. The predicted molar refractivity (Wildman–Crippen MR) is 102 cm³/mol. The van der Waals surface area contributed by atoms with Gasteiger partial charge in [0, 0.05) is 11.5 Å². The Balaban J connectivity index is 2.57. The van der Waals surface area contributed by atoms with Gasteiger partial charge in [0.2, 0.25) is 0 Å². The number of hydrogen-bond donors (Lipinski definition) is 0. The van der Waals surface area contributed by atoms with Crippen molar-refractivity contribution in [3.8, 4) is 24.3 Å². The molecule has 0 atom stereocenters. The lowest BCUT2D eigenvalue weighted by molar-refractivity contribution is 0.571. The summed E-state index contributed by atoms with van der Waals surface area (Å²) in [6, 6.07) is 15.9. The molecule has 0 fully saturated rings. The molecule has 2 aromatic rings. The fourth-order valence-corrected chi connectivity index (χ4v) is 3.34. The van der Waals surface area contributed by atoms with Gasteiger partial charge in [-0.05, 0) is 52.0 Å². The maximum atomic E-state index is 13.0. The maximum Gasteiger partial charge on any atom is 0.275 e. The summed E-state index contributed by atoms with van der Waals surface area (Å²) in [5.74, 6) is 6.17.